The molecule has 96 valence electrons. The van der Waals surface area contributed by atoms with Crippen molar-refractivity contribution < 1.29 is 9.53 Å². The van der Waals surface area contributed by atoms with Crippen LogP contribution in [-0.4, -0.2) is 24.5 Å². The van der Waals surface area contributed by atoms with Crippen LogP contribution in [0.4, 0.5) is 5.69 Å². The number of fused-ring (bicyclic) bond motifs is 1. The van der Waals surface area contributed by atoms with Gasteiger partial charge < -0.3 is 9.64 Å². The van der Waals surface area contributed by atoms with Gasteiger partial charge in [-0.15, -0.1) is 0 Å². The second kappa shape index (κ2) is 4.72. The molecule has 0 atom stereocenters. The SMILES string of the molecule is COc1cccc(C(=O)N2CCc3ccccc32)n1. The van der Waals surface area contributed by atoms with Gasteiger partial charge in [0.15, 0.2) is 0 Å². The molecule has 1 aromatic heterocycles. The molecule has 4 heteroatoms. The second-order valence-electron chi connectivity index (χ2n) is 4.40. The average molecular weight is 254 g/mol. The lowest BCUT2D eigenvalue weighted by atomic mass is 10.2. The fourth-order valence-corrected chi connectivity index (χ4v) is 2.34. The summed E-state index contributed by atoms with van der Waals surface area (Å²) in [5, 5.41) is 0. The average Bonchev–Trinajstić information content (AvgIpc) is 2.90. The second-order valence-corrected chi connectivity index (χ2v) is 4.40. The van der Waals surface area contributed by atoms with Crippen LogP contribution in [0.15, 0.2) is 42.5 Å². The fraction of sp³-hybridized carbons (Fsp3) is 0.200. The molecule has 0 fully saturated rings. The zero-order chi connectivity index (χ0) is 13.2. The maximum Gasteiger partial charge on any atom is 0.277 e. The molecule has 0 spiro atoms. The first-order chi connectivity index (χ1) is 9.29. The Labute approximate surface area is 111 Å². The van der Waals surface area contributed by atoms with E-state index < -0.39 is 0 Å². The molecular formula is C15H14N2O2. The van der Waals surface area contributed by atoms with Crippen LogP contribution in [0.2, 0.25) is 0 Å². The molecule has 4 nitrogen and oxygen atoms in total. The highest BCUT2D eigenvalue weighted by molar-refractivity contribution is 6.06. The molecule has 0 N–H and O–H groups in total. The van der Waals surface area contributed by atoms with Gasteiger partial charge in [0.05, 0.1) is 7.11 Å². The molecule has 3 rings (SSSR count). The number of amides is 1. The Hall–Kier alpha value is -2.36. The minimum atomic E-state index is -0.0798. The minimum absolute atomic E-state index is 0.0798. The molecule has 19 heavy (non-hydrogen) atoms. The van der Waals surface area contributed by atoms with Crippen LogP contribution >= 0.6 is 0 Å². The number of rotatable bonds is 2. The molecule has 0 saturated heterocycles. The van der Waals surface area contributed by atoms with Gasteiger partial charge in [-0.3, -0.25) is 4.79 Å². The van der Waals surface area contributed by atoms with Crippen LogP contribution in [-0.2, 0) is 6.42 Å². The number of hydrogen-bond donors (Lipinski definition) is 0. The lowest BCUT2D eigenvalue weighted by molar-refractivity contribution is 0.0984. The van der Waals surface area contributed by atoms with Gasteiger partial charge in [0.2, 0.25) is 5.88 Å². The number of benzene rings is 1. The standard InChI is InChI=1S/C15H14N2O2/c1-19-14-8-4-6-12(16-14)15(18)17-10-9-11-5-2-3-7-13(11)17/h2-8H,9-10H2,1H3. The number of anilines is 1. The Morgan fingerprint density at radius 3 is 2.89 bits per heavy atom. The number of para-hydroxylation sites is 1. The number of methoxy groups -OCH3 is 1. The van der Waals surface area contributed by atoms with Crippen molar-refractivity contribution in [3.63, 3.8) is 0 Å². The van der Waals surface area contributed by atoms with Crippen LogP contribution in [0.3, 0.4) is 0 Å². The van der Waals surface area contributed by atoms with Crippen LogP contribution in [0, 0.1) is 0 Å². The summed E-state index contributed by atoms with van der Waals surface area (Å²) in [5.74, 6) is 0.377. The van der Waals surface area contributed by atoms with Gasteiger partial charge in [-0.2, -0.15) is 0 Å². The Morgan fingerprint density at radius 2 is 2.05 bits per heavy atom. The molecule has 0 radical (unpaired) electrons. The zero-order valence-electron chi connectivity index (χ0n) is 10.7. The number of pyridine rings is 1. The lowest BCUT2D eigenvalue weighted by Crippen LogP contribution is -2.29. The summed E-state index contributed by atoms with van der Waals surface area (Å²) in [6.45, 7) is 0.705. The molecule has 2 heterocycles. The first-order valence-electron chi connectivity index (χ1n) is 6.20. The summed E-state index contributed by atoms with van der Waals surface area (Å²) >= 11 is 0. The number of ether oxygens (including phenoxy) is 1. The molecule has 1 aliphatic rings. The summed E-state index contributed by atoms with van der Waals surface area (Å²) < 4.78 is 5.06. The van der Waals surface area contributed by atoms with E-state index in [1.54, 1.807) is 30.2 Å². The van der Waals surface area contributed by atoms with Gasteiger partial charge in [-0.1, -0.05) is 24.3 Å². The van der Waals surface area contributed by atoms with Crippen molar-refractivity contribution in [3.8, 4) is 5.88 Å². The highest BCUT2D eigenvalue weighted by atomic mass is 16.5. The van der Waals surface area contributed by atoms with Gasteiger partial charge >= 0.3 is 0 Å². The van der Waals surface area contributed by atoms with E-state index in [-0.39, 0.29) is 5.91 Å². The van der Waals surface area contributed by atoms with Crippen molar-refractivity contribution in [2.75, 3.05) is 18.6 Å². The molecule has 0 aliphatic carbocycles. The lowest BCUT2D eigenvalue weighted by Gasteiger charge is -2.16. The predicted molar refractivity (Wildman–Crippen MR) is 72.6 cm³/mol. The highest BCUT2D eigenvalue weighted by Crippen LogP contribution is 2.28. The first kappa shape index (κ1) is 11.7. The minimum Gasteiger partial charge on any atom is -0.481 e. The fourth-order valence-electron chi connectivity index (χ4n) is 2.34. The molecule has 1 amide bonds. The number of nitrogens with zero attached hydrogens (tertiary/aromatic N) is 2. The number of hydrogen-bond acceptors (Lipinski definition) is 3. The van der Waals surface area contributed by atoms with Crippen LogP contribution in [0.1, 0.15) is 16.1 Å². The van der Waals surface area contributed by atoms with Crippen molar-refractivity contribution in [3.05, 3.63) is 53.7 Å². The molecular weight excluding hydrogens is 240 g/mol. The third-order valence-electron chi connectivity index (χ3n) is 3.28. The summed E-state index contributed by atoms with van der Waals surface area (Å²) in [6.07, 6.45) is 0.895. The monoisotopic (exact) mass is 254 g/mol. The van der Waals surface area contributed by atoms with E-state index in [2.05, 4.69) is 11.1 Å². The maximum absolute atomic E-state index is 12.5. The van der Waals surface area contributed by atoms with Crippen molar-refractivity contribution in [1.82, 2.24) is 4.98 Å². The zero-order valence-corrected chi connectivity index (χ0v) is 10.7. The Bertz CT molecular complexity index is 625. The van der Waals surface area contributed by atoms with Crippen LogP contribution in [0.5, 0.6) is 5.88 Å². The quantitative estimate of drug-likeness (QED) is 0.825. The highest BCUT2D eigenvalue weighted by Gasteiger charge is 2.25. The predicted octanol–water partition coefficient (Wildman–Crippen LogP) is 2.29. The van der Waals surface area contributed by atoms with Gasteiger partial charge in [-0.05, 0) is 24.1 Å². The summed E-state index contributed by atoms with van der Waals surface area (Å²) in [4.78, 5) is 18.5. The summed E-state index contributed by atoms with van der Waals surface area (Å²) in [7, 11) is 1.54. The maximum atomic E-state index is 12.5. The molecule has 2 aromatic rings. The van der Waals surface area contributed by atoms with Crippen molar-refractivity contribution >= 4 is 11.6 Å². The molecule has 1 aromatic carbocycles. The Balaban J connectivity index is 1.93. The first-order valence-corrected chi connectivity index (χ1v) is 6.20. The van der Waals surface area contributed by atoms with Gasteiger partial charge in [0.1, 0.15) is 5.69 Å². The summed E-state index contributed by atoms with van der Waals surface area (Å²) in [5.41, 5.74) is 2.60. The third kappa shape index (κ3) is 2.05. The van der Waals surface area contributed by atoms with Crippen LogP contribution < -0.4 is 9.64 Å². The molecule has 0 bridgehead atoms. The van der Waals surface area contributed by atoms with Crippen LogP contribution in [0.25, 0.3) is 0 Å². The van der Waals surface area contributed by atoms with Gasteiger partial charge in [-0.25, -0.2) is 4.98 Å². The van der Waals surface area contributed by atoms with E-state index in [0.29, 0.717) is 18.1 Å². The smallest absolute Gasteiger partial charge is 0.277 e. The van der Waals surface area contributed by atoms with Crippen molar-refractivity contribution in [2.45, 2.75) is 6.42 Å². The Morgan fingerprint density at radius 1 is 1.21 bits per heavy atom. The number of aromatic nitrogens is 1. The number of carbonyl (C=O) groups is 1. The van der Waals surface area contributed by atoms with E-state index in [0.717, 1.165) is 12.1 Å². The molecule has 1 aliphatic heterocycles. The van der Waals surface area contributed by atoms with E-state index in [4.69, 9.17) is 4.74 Å². The molecule has 0 saturated carbocycles. The van der Waals surface area contributed by atoms with Gasteiger partial charge in [0, 0.05) is 18.3 Å². The normalized spacial score (nSPS) is 13.2. The Kier molecular flexibility index (Phi) is 2.91. The van der Waals surface area contributed by atoms with Crippen molar-refractivity contribution in [1.29, 1.82) is 0 Å². The van der Waals surface area contributed by atoms with E-state index >= 15 is 0 Å². The summed E-state index contributed by atoms with van der Waals surface area (Å²) in [6, 6.07) is 13.2. The van der Waals surface area contributed by atoms with E-state index in [1.807, 2.05) is 18.2 Å². The third-order valence-corrected chi connectivity index (χ3v) is 3.28. The largest absolute Gasteiger partial charge is 0.481 e. The van der Waals surface area contributed by atoms with E-state index in [1.165, 1.54) is 5.56 Å². The number of carbonyl (C=O) groups excluding carboxylic acids is 1. The van der Waals surface area contributed by atoms with Crippen molar-refractivity contribution in [2.24, 2.45) is 0 Å². The van der Waals surface area contributed by atoms with Gasteiger partial charge in [0.25, 0.3) is 5.91 Å². The molecule has 0 unspecified atom stereocenters. The van der Waals surface area contributed by atoms with E-state index in [9.17, 15) is 4.79 Å². The topological polar surface area (TPSA) is 42.4 Å².